The molecule has 1 amide bonds. The molecule has 1 saturated heterocycles. The summed E-state index contributed by atoms with van der Waals surface area (Å²) in [5, 5.41) is 5.82. The van der Waals surface area contributed by atoms with E-state index in [2.05, 4.69) is 26.6 Å². The minimum atomic E-state index is -0.855. The number of rotatable bonds is 3. The Morgan fingerprint density at radius 2 is 2.11 bits per heavy atom. The van der Waals surface area contributed by atoms with Crippen LogP contribution in [0.3, 0.4) is 0 Å². The van der Waals surface area contributed by atoms with Crippen LogP contribution in [0.25, 0.3) is 0 Å². The third kappa shape index (κ3) is 3.73. The zero-order valence-electron chi connectivity index (χ0n) is 10.3. The highest BCUT2D eigenvalue weighted by Gasteiger charge is 2.20. The molecule has 1 aromatic carbocycles. The Bertz CT molecular complexity index is 453. The van der Waals surface area contributed by atoms with Gasteiger partial charge in [-0.05, 0) is 44.0 Å². The van der Waals surface area contributed by atoms with E-state index in [1.165, 1.54) is 0 Å². The predicted molar refractivity (Wildman–Crippen MR) is 72.0 cm³/mol. The van der Waals surface area contributed by atoms with E-state index in [0.29, 0.717) is 12.5 Å². The molecule has 1 aromatic rings. The molecule has 0 aromatic heterocycles. The maximum absolute atomic E-state index is 13.6. The average molecular weight is 333 g/mol. The third-order valence-corrected chi connectivity index (χ3v) is 3.64. The summed E-state index contributed by atoms with van der Waals surface area (Å²) >= 11 is 2.98. The molecular weight excluding hydrogens is 318 g/mol. The van der Waals surface area contributed by atoms with Gasteiger partial charge in [0.15, 0.2) is 0 Å². The molecule has 0 bridgehead atoms. The molecule has 6 heteroatoms. The molecule has 1 fully saturated rings. The molecular formula is C13H15BrF2N2O. The largest absolute Gasteiger partial charge is 0.352 e. The maximum atomic E-state index is 13.6. The van der Waals surface area contributed by atoms with Crippen LogP contribution in [-0.4, -0.2) is 25.5 Å². The molecule has 3 nitrogen and oxygen atoms in total. The molecule has 19 heavy (non-hydrogen) atoms. The van der Waals surface area contributed by atoms with Crippen LogP contribution in [-0.2, 0) is 0 Å². The standard InChI is InChI=1S/C13H15BrF2N2O/c14-9-4-10(15)12(11(16)5-9)13(19)18-7-8-2-1-3-17-6-8/h4-5,8,17H,1-3,6-7H2,(H,18,19). The second-order valence-corrected chi connectivity index (χ2v) is 5.58. The van der Waals surface area contributed by atoms with Crippen LogP contribution in [0.5, 0.6) is 0 Å². The molecule has 1 atom stereocenters. The van der Waals surface area contributed by atoms with Crippen molar-refractivity contribution in [3.8, 4) is 0 Å². The molecule has 1 aliphatic heterocycles. The lowest BCUT2D eigenvalue weighted by Crippen LogP contribution is -2.38. The summed E-state index contributed by atoms with van der Waals surface area (Å²) in [4.78, 5) is 11.8. The van der Waals surface area contributed by atoms with Crippen molar-refractivity contribution >= 4 is 21.8 Å². The summed E-state index contributed by atoms with van der Waals surface area (Å²) in [7, 11) is 0. The van der Waals surface area contributed by atoms with Gasteiger partial charge in [0.2, 0.25) is 0 Å². The molecule has 2 rings (SSSR count). The first kappa shape index (κ1) is 14.4. The molecule has 1 aliphatic rings. The Hall–Kier alpha value is -1.01. The Balaban J connectivity index is 1.99. The Morgan fingerprint density at radius 1 is 1.42 bits per heavy atom. The van der Waals surface area contributed by atoms with Crippen molar-refractivity contribution < 1.29 is 13.6 Å². The topological polar surface area (TPSA) is 41.1 Å². The fourth-order valence-corrected chi connectivity index (χ4v) is 2.58. The first-order chi connectivity index (χ1) is 9.08. The van der Waals surface area contributed by atoms with Gasteiger partial charge in [0.05, 0.1) is 0 Å². The Morgan fingerprint density at radius 3 is 2.68 bits per heavy atom. The number of amides is 1. The summed E-state index contributed by atoms with van der Waals surface area (Å²) in [6.07, 6.45) is 2.07. The molecule has 0 radical (unpaired) electrons. The van der Waals surface area contributed by atoms with E-state index in [1.807, 2.05) is 0 Å². The highest BCUT2D eigenvalue weighted by molar-refractivity contribution is 9.10. The number of carbonyl (C=O) groups excluding carboxylic acids is 1. The minimum absolute atomic E-state index is 0.274. The number of piperidine rings is 1. The van der Waals surface area contributed by atoms with Gasteiger partial charge in [-0.15, -0.1) is 0 Å². The smallest absolute Gasteiger partial charge is 0.257 e. The number of carbonyl (C=O) groups is 1. The molecule has 0 aliphatic carbocycles. The van der Waals surface area contributed by atoms with Crippen LogP contribution in [0, 0.1) is 17.6 Å². The molecule has 0 saturated carbocycles. The fourth-order valence-electron chi connectivity index (χ4n) is 2.18. The fraction of sp³-hybridized carbons (Fsp3) is 0.462. The van der Waals surface area contributed by atoms with E-state index in [9.17, 15) is 13.6 Å². The van der Waals surface area contributed by atoms with Gasteiger partial charge in [-0.3, -0.25) is 4.79 Å². The Labute approximate surface area is 118 Å². The van der Waals surface area contributed by atoms with E-state index in [4.69, 9.17) is 0 Å². The molecule has 2 N–H and O–H groups in total. The van der Waals surface area contributed by atoms with Crippen molar-refractivity contribution in [2.75, 3.05) is 19.6 Å². The van der Waals surface area contributed by atoms with Crippen molar-refractivity contribution in [2.45, 2.75) is 12.8 Å². The van der Waals surface area contributed by atoms with Gasteiger partial charge in [-0.2, -0.15) is 0 Å². The highest BCUT2D eigenvalue weighted by atomic mass is 79.9. The van der Waals surface area contributed by atoms with Crippen LogP contribution >= 0.6 is 15.9 Å². The van der Waals surface area contributed by atoms with Gasteiger partial charge in [-0.25, -0.2) is 8.78 Å². The normalized spacial score (nSPS) is 19.2. The van der Waals surface area contributed by atoms with E-state index in [1.54, 1.807) is 0 Å². The number of nitrogens with one attached hydrogen (secondary N) is 2. The van der Waals surface area contributed by atoms with Crippen molar-refractivity contribution in [1.82, 2.24) is 10.6 Å². The monoisotopic (exact) mass is 332 g/mol. The first-order valence-corrected chi connectivity index (χ1v) is 7.00. The third-order valence-electron chi connectivity index (χ3n) is 3.18. The molecule has 1 heterocycles. The lowest BCUT2D eigenvalue weighted by molar-refractivity contribution is 0.0936. The van der Waals surface area contributed by atoms with E-state index >= 15 is 0 Å². The van der Waals surface area contributed by atoms with E-state index in [0.717, 1.165) is 38.1 Å². The van der Waals surface area contributed by atoms with Crippen molar-refractivity contribution in [1.29, 1.82) is 0 Å². The Kier molecular flexibility index (Phi) is 4.87. The van der Waals surface area contributed by atoms with Crippen molar-refractivity contribution in [3.05, 3.63) is 33.8 Å². The number of halogens is 3. The summed E-state index contributed by atoms with van der Waals surface area (Å²) in [5.74, 6) is -2.09. The van der Waals surface area contributed by atoms with Crippen LogP contribution in [0.2, 0.25) is 0 Å². The number of hydrogen-bond acceptors (Lipinski definition) is 2. The number of benzene rings is 1. The van der Waals surface area contributed by atoms with Crippen LogP contribution in [0.4, 0.5) is 8.78 Å². The van der Waals surface area contributed by atoms with E-state index < -0.39 is 23.1 Å². The van der Waals surface area contributed by atoms with Crippen LogP contribution in [0.1, 0.15) is 23.2 Å². The van der Waals surface area contributed by atoms with Crippen molar-refractivity contribution in [3.63, 3.8) is 0 Å². The highest BCUT2D eigenvalue weighted by Crippen LogP contribution is 2.19. The maximum Gasteiger partial charge on any atom is 0.257 e. The van der Waals surface area contributed by atoms with Crippen molar-refractivity contribution in [2.24, 2.45) is 5.92 Å². The zero-order valence-corrected chi connectivity index (χ0v) is 11.9. The summed E-state index contributed by atoms with van der Waals surface area (Å²) < 4.78 is 27.4. The van der Waals surface area contributed by atoms with Gasteiger partial charge in [0, 0.05) is 11.0 Å². The summed E-state index contributed by atoms with van der Waals surface area (Å²) in [5.41, 5.74) is -0.521. The van der Waals surface area contributed by atoms with Gasteiger partial charge in [0.25, 0.3) is 5.91 Å². The second-order valence-electron chi connectivity index (χ2n) is 4.67. The van der Waals surface area contributed by atoms with Gasteiger partial charge in [-0.1, -0.05) is 15.9 Å². The average Bonchev–Trinajstić information content (AvgIpc) is 2.36. The lowest BCUT2D eigenvalue weighted by atomic mass is 9.99. The van der Waals surface area contributed by atoms with Gasteiger partial charge in [0.1, 0.15) is 17.2 Å². The van der Waals surface area contributed by atoms with Crippen LogP contribution in [0.15, 0.2) is 16.6 Å². The zero-order chi connectivity index (χ0) is 13.8. The number of hydrogen-bond donors (Lipinski definition) is 2. The first-order valence-electron chi connectivity index (χ1n) is 6.21. The molecule has 0 spiro atoms. The quantitative estimate of drug-likeness (QED) is 0.892. The predicted octanol–water partition coefficient (Wildman–Crippen LogP) is 2.46. The van der Waals surface area contributed by atoms with Crippen LogP contribution < -0.4 is 10.6 Å². The van der Waals surface area contributed by atoms with Gasteiger partial charge >= 0.3 is 0 Å². The second kappa shape index (κ2) is 6.43. The van der Waals surface area contributed by atoms with Gasteiger partial charge < -0.3 is 10.6 Å². The molecule has 104 valence electrons. The minimum Gasteiger partial charge on any atom is -0.352 e. The summed E-state index contributed by atoms with van der Waals surface area (Å²) in [6.45, 7) is 2.24. The van der Waals surface area contributed by atoms with E-state index in [-0.39, 0.29) is 4.47 Å². The lowest BCUT2D eigenvalue weighted by Gasteiger charge is -2.22. The SMILES string of the molecule is O=C(NCC1CCCNC1)c1c(F)cc(Br)cc1F. The summed E-state index contributed by atoms with van der Waals surface area (Å²) in [6, 6.07) is 2.17. The molecule has 1 unspecified atom stereocenters.